The summed E-state index contributed by atoms with van der Waals surface area (Å²) in [6, 6.07) is 26.7. The lowest BCUT2D eigenvalue weighted by molar-refractivity contribution is 0.102. The first-order valence-corrected chi connectivity index (χ1v) is 11.3. The lowest BCUT2D eigenvalue weighted by atomic mass is 10.1. The molecule has 7 heteroatoms. The molecule has 0 fully saturated rings. The fourth-order valence-corrected chi connectivity index (χ4v) is 4.54. The minimum Gasteiger partial charge on any atom is -0.312 e. The quantitative estimate of drug-likeness (QED) is 0.409. The largest absolute Gasteiger partial charge is 0.312 e. The molecule has 3 aromatic carbocycles. The molecule has 162 valence electrons. The third-order valence-corrected chi connectivity index (χ3v) is 6.21. The van der Waals surface area contributed by atoms with Gasteiger partial charge in [-0.1, -0.05) is 89.7 Å². The van der Waals surface area contributed by atoms with E-state index in [2.05, 4.69) is 15.4 Å². The molecule has 0 unspecified atom stereocenters. The number of carbonyl (C=O) groups is 1. The molecule has 0 aliphatic rings. The SMILES string of the molecule is Cc1ccc(C(=O)Nc2sc3nc(=O)c(Cc4ccccc4)nn3c2-c2ccccc2)cc1. The number of amides is 1. The van der Waals surface area contributed by atoms with Gasteiger partial charge in [0.25, 0.3) is 11.5 Å². The van der Waals surface area contributed by atoms with Gasteiger partial charge >= 0.3 is 0 Å². The van der Waals surface area contributed by atoms with Gasteiger partial charge in [-0.3, -0.25) is 9.59 Å². The molecule has 33 heavy (non-hydrogen) atoms. The van der Waals surface area contributed by atoms with Crippen LogP contribution in [0.1, 0.15) is 27.2 Å². The Hall–Kier alpha value is -4.10. The van der Waals surface area contributed by atoms with Gasteiger partial charge in [0, 0.05) is 17.5 Å². The average molecular weight is 453 g/mol. The van der Waals surface area contributed by atoms with Gasteiger partial charge in [0.1, 0.15) is 16.4 Å². The Morgan fingerprint density at radius 3 is 2.30 bits per heavy atom. The lowest BCUT2D eigenvalue weighted by Crippen LogP contribution is -2.18. The fraction of sp³-hybridized carbons (Fsp3) is 0.0769. The van der Waals surface area contributed by atoms with E-state index in [1.54, 1.807) is 16.6 Å². The number of nitrogens with one attached hydrogen (secondary N) is 1. The number of thiazole rings is 1. The van der Waals surface area contributed by atoms with Crippen LogP contribution in [0, 0.1) is 6.92 Å². The number of hydrogen-bond donors (Lipinski definition) is 1. The molecule has 6 nitrogen and oxygen atoms in total. The Morgan fingerprint density at radius 1 is 0.939 bits per heavy atom. The van der Waals surface area contributed by atoms with Crippen LogP contribution < -0.4 is 10.9 Å². The zero-order valence-corrected chi connectivity index (χ0v) is 18.7. The predicted molar refractivity (Wildman–Crippen MR) is 131 cm³/mol. The molecule has 2 aromatic heterocycles. The smallest absolute Gasteiger partial charge is 0.296 e. The maximum atomic E-state index is 12.9. The van der Waals surface area contributed by atoms with Crippen molar-refractivity contribution in [1.29, 1.82) is 0 Å². The molecule has 0 radical (unpaired) electrons. The highest BCUT2D eigenvalue weighted by Gasteiger charge is 2.20. The monoisotopic (exact) mass is 452 g/mol. The van der Waals surface area contributed by atoms with Crippen molar-refractivity contribution in [3.05, 3.63) is 118 Å². The van der Waals surface area contributed by atoms with Crippen molar-refractivity contribution < 1.29 is 4.79 Å². The number of fused-ring (bicyclic) bond motifs is 1. The molecule has 0 atom stereocenters. The normalized spacial score (nSPS) is 10.9. The summed E-state index contributed by atoms with van der Waals surface area (Å²) in [7, 11) is 0. The lowest BCUT2D eigenvalue weighted by Gasteiger charge is -2.08. The Balaban J connectivity index is 1.62. The molecule has 2 heterocycles. The van der Waals surface area contributed by atoms with Crippen molar-refractivity contribution in [2.75, 3.05) is 5.32 Å². The number of hydrogen-bond acceptors (Lipinski definition) is 5. The second-order valence-electron chi connectivity index (χ2n) is 7.69. The Labute approximate surface area is 194 Å². The summed E-state index contributed by atoms with van der Waals surface area (Å²) < 4.78 is 1.66. The van der Waals surface area contributed by atoms with Crippen LogP contribution in [-0.2, 0) is 6.42 Å². The summed E-state index contributed by atoms with van der Waals surface area (Å²) in [6.45, 7) is 1.97. The topological polar surface area (TPSA) is 76.4 Å². The maximum Gasteiger partial charge on any atom is 0.296 e. The number of aryl methyl sites for hydroxylation is 1. The van der Waals surface area contributed by atoms with Crippen LogP contribution in [0.2, 0.25) is 0 Å². The molecular formula is C26H20N4O2S. The zero-order valence-electron chi connectivity index (χ0n) is 17.9. The molecule has 0 aliphatic heterocycles. The molecule has 1 N–H and O–H groups in total. The highest BCUT2D eigenvalue weighted by atomic mass is 32.1. The Morgan fingerprint density at radius 2 is 1.61 bits per heavy atom. The van der Waals surface area contributed by atoms with Crippen molar-refractivity contribution in [2.45, 2.75) is 13.3 Å². The number of aromatic nitrogens is 3. The number of nitrogens with zero attached hydrogens (tertiary/aromatic N) is 3. The van der Waals surface area contributed by atoms with E-state index in [0.29, 0.717) is 33.3 Å². The van der Waals surface area contributed by atoms with Crippen LogP contribution in [-0.4, -0.2) is 20.5 Å². The van der Waals surface area contributed by atoms with Gasteiger partial charge < -0.3 is 5.32 Å². The molecule has 5 aromatic rings. The third kappa shape index (κ3) is 4.31. The molecular weight excluding hydrogens is 432 g/mol. The van der Waals surface area contributed by atoms with E-state index in [-0.39, 0.29) is 11.5 Å². The summed E-state index contributed by atoms with van der Waals surface area (Å²) in [4.78, 5) is 30.4. The van der Waals surface area contributed by atoms with Gasteiger partial charge in [-0.2, -0.15) is 10.1 Å². The van der Waals surface area contributed by atoms with Crippen LogP contribution >= 0.6 is 11.3 Å². The summed E-state index contributed by atoms with van der Waals surface area (Å²) in [5, 5.41) is 8.25. The van der Waals surface area contributed by atoms with Gasteiger partial charge in [-0.25, -0.2) is 4.52 Å². The van der Waals surface area contributed by atoms with Crippen LogP contribution in [0.5, 0.6) is 0 Å². The second kappa shape index (κ2) is 8.80. The second-order valence-corrected chi connectivity index (χ2v) is 8.66. The van der Waals surface area contributed by atoms with E-state index < -0.39 is 0 Å². The summed E-state index contributed by atoms with van der Waals surface area (Å²) in [5.74, 6) is -0.230. The predicted octanol–water partition coefficient (Wildman–Crippen LogP) is 4.97. The van der Waals surface area contributed by atoms with Crippen LogP contribution in [0.15, 0.2) is 89.7 Å². The first-order chi connectivity index (χ1) is 16.1. The van der Waals surface area contributed by atoms with Crippen molar-refractivity contribution >= 4 is 27.2 Å². The molecule has 0 aliphatic carbocycles. The fourth-order valence-electron chi connectivity index (χ4n) is 3.57. The van der Waals surface area contributed by atoms with Gasteiger partial charge in [0.15, 0.2) is 0 Å². The number of carbonyl (C=O) groups excluding carboxylic acids is 1. The van der Waals surface area contributed by atoms with Crippen LogP contribution in [0.4, 0.5) is 5.00 Å². The minimum absolute atomic E-state index is 0.230. The highest BCUT2D eigenvalue weighted by Crippen LogP contribution is 2.35. The summed E-state index contributed by atoms with van der Waals surface area (Å²) in [5.41, 5.74) is 4.16. The standard InChI is InChI=1S/C26H20N4O2S/c1-17-12-14-20(15-13-17)23(31)27-25-22(19-10-6-3-7-11-19)30-26(33-25)28-24(32)21(29-30)16-18-8-4-2-5-9-18/h2-15H,16H2,1H3,(H,27,31). The van der Waals surface area contributed by atoms with Crippen molar-refractivity contribution in [1.82, 2.24) is 14.6 Å². The number of benzene rings is 3. The van der Waals surface area contributed by atoms with Crippen molar-refractivity contribution in [3.8, 4) is 11.3 Å². The van der Waals surface area contributed by atoms with E-state index in [4.69, 9.17) is 0 Å². The Bertz CT molecular complexity index is 1490. The minimum atomic E-state index is -0.365. The zero-order chi connectivity index (χ0) is 22.8. The molecule has 5 rings (SSSR count). The first-order valence-electron chi connectivity index (χ1n) is 10.5. The van der Waals surface area contributed by atoms with E-state index in [9.17, 15) is 9.59 Å². The van der Waals surface area contributed by atoms with E-state index >= 15 is 0 Å². The van der Waals surface area contributed by atoms with Gasteiger partial charge in [0.2, 0.25) is 4.96 Å². The van der Waals surface area contributed by atoms with Crippen molar-refractivity contribution in [2.24, 2.45) is 0 Å². The molecule has 0 bridgehead atoms. The Kier molecular flexibility index (Phi) is 5.54. The van der Waals surface area contributed by atoms with Crippen molar-refractivity contribution in [3.63, 3.8) is 0 Å². The number of anilines is 1. The number of rotatable bonds is 5. The summed E-state index contributed by atoms with van der Waals surface area (Å²) >= 11 is 1.23. The first kappa shape index (κ1) is 20.8. The molecule has 0 saturated heterocycles. The van der Waals surface area contributed by atoms with E-state index in [1.165, 1.54) is 11.3 Å². The average Bonchev–Trinajstić information content (AvgIpc) is 3.17. The van der Waals surface area contributed by atoms with Gasteiger partial charge in [0.05, 0.1) is 0 Å². The molecule has 0 spiro atoms. The van der Waals surface area contributed by atoms with E-state index in [1.807, 2.05) is 79.7 Å². The maximum absolute atomic E-state index is 12.9. The highest BCUT2D eigenvalue weighted by molar-refractivity contribution is 7.21. The molecule has 0 saturated carbocycles. The van der Waals surface area contributed by atoms with Gasteiger partial charge in [-0.15, -0.1) is 0 Å². The summed E-state index contributed by atoms with van der Waals surface area (Å²) in [6.07, 6.45) is 0.380. The van der Waals surface area contributed by atoms with Crippen LogP contribution in [0.25, 0.3) is 16.2 Å². The third-order valence-electron chi connectivity index (χ3n) is 5.27. The molecule has 1 amide bonds. The van der Waals surface area contributed by atoms with Gasteiger partial charge in [-0.05, 0) is 24.6 Å². The van der Waals surface area contributed by atoms with Crippen LogP contribution in [0.3, 0.4) is 0 Å². The van der Waals surface area contributed by atoms with E-state index in [0.717, 1.165) is 16.7 Å².